The molecule has 0 aliphatic carbocycles. The van der Waals surface area contributed by atoms with Crippen LogP contribution in [0.25, 0.3) is 0 Å². The summed E-state index contributed by atoms with van der Waals surface area (Å²) in [6.45, 7) is 1.28. The van der Waals surface area contributed by atoms with Gasteiger partial charge in [0.2, 0.25) is 0 Å². The number of rotatable bonds is 6. The molecule has 2 atom stereocenters. The van der Waals surface area contributed by atoms with Gasteiger partial charge in [0.1, 0.15) is 18.0 Å². The van der Waals surface area contributed by atoms with Crippen molar-refractivity contribution in [1.29, 1.82) is 0 Å². The Morgan fingerprint density at radius 1 is 1.44 bits per heavy atom. The minimum absolute atomic E-state index is 0.0316. The van der Waals surface area contributed by atoms with E-state index in [-0.39, 0.29) is 31.7 Å². The minimum Gasteiger partial charge on any atom is -0.463 e. The Morgan fingerprint density at radius 2 is 2.24 bits per heavy atom. The van der Waals surface area contributed by atoms with Crippen LogP contribution in [0.5, 0.6) is 0 Å². The van der Waals surface area contributed by atoms with Crippen LogP contribution in [0.4, 0.5) is 13.2 Å². The first-order chi connectivity index (χ1) is 16.2. The molecule has 2 N–H and O–H groups in total. The minimum atomic E-state index is -3.27. The molecule has 4 rings (SSSR count). The third-order valence-corrected chi connectivity index (χ3v) is 7.00. The Morgan fingerprint density at radius 3 is 2.88 bits per heavy atom. The quantitative estimate of drug-likeness (QED) is 0.526. The Kier molecular flexibility index (Phi) is 7.41. The summed E-state index contributed by atoms with van der Waals surface area (Å²) in [5.41, 5.74) is 0.993. The van der Waals surface area contributed by atoms with Crippen molar-refractivity contribution in [2.24, 2.45) is 4.99 Å². The van der Waals surface area contributed by atoms with Gasteiger partial charge in [-0.15, -0.1) is 11.3 Å². The van der Waals surface area contributed by atoms with Crippen molar-refractivity contribution >= 4 is 39.1 Å². The van der Waals surface area contributed by atoms with Gasteiger partial charge in [0.15, 0.2) is 10.8 Å². The van der Waals surface area contributed by atoms with Gasteiger partial charge >= 0.3 is 5.97 Å². The lowest BCUT2D eigenvalue weighted by atomic mass is 9.94. The molecule has 0 amide bonds. The normalized spacial score (nSPS) is 22.8. The van der Waals surface area contributed by atoms with Gasteiger partial charge < -0.3 is 15.2 Å². The SMILES string of the molecule is CCOC(=O)C1=C(CN2CCC(O)C(F)(F)C2)NC(c2nccs2)=NC1c1ccc(F)cc1Br. The Balaban J connectivity index is 1.80. The van der Waals surface area contributed by atoms with Crippen molar-refractivity contribution in [3.05, 3.63) is 61.9 Å². The lowest BCUT2D eigenvalue weighted by Crippen LogP contribution is -2.53. The van der Waals surface area contributed by atoms with Crippen molar-refractivity contribution in [3.63, 3.8) is 0 Å². The van der Waals surface area contributed by atoms with E-state index in [1.807, 2.05) is 0 Å². The molecule has 182 valence electrons. The first-order valence-electron chi connectivity index (χ1n) is 10.6. The fraction of sp³-hybridized carbons (Fsp3) is 0.409. The van der Waals surface area contributed by atoms with E-state index in [9.17, 15) is 23.1 Å². The first-order valence-corrected chi connectivity index (χ1v) is 12.2. The van der Waals surface area contributed by atoms with Gasteiger partial charge in [-0.3, -0.25) is 9.89 Å². The number of ether oxygens (including phenoxy) is 1. The zero-order valence-corrected chi connectivity index (χ0v) is 20.5. The number of likely N-dealkylation sites (tertiary alicyclic amines) is 1. The van der Waals surface area contributed by atoms with Crippen molar-refractivity contribution < 1.29 is 27.8 Å². The van der Waals surface area contributed by atoms with Crippen LogP contribution < -0.4 is 5.32 Å². The number of aliphatic hydroxyl groups is 1. The van der Waals surface area contributed by atoms with Crippen LogP contribution in [0.1, 0.15) is 30.0 Å². The first kappa shape index (κ1) is 24.8. The molecule has 1 saturated heterocycles. The zero-order valence-electron chi connectivity index (χ0n) is 18.1. The molecule has 3 heterocycles. The number of thiazole rings is 1. The number of aliphatic imine (C=N–C) groups is 1. The standard InChI is InChI=1S/C22H22BrF3N4O3S/c1-2-33-21(32)17-15(10-30-7-5-16(31)22(25,26)11-30)28-19(20-27-6-8-34-20)29-18(17)13-4-3-12(24)9-14(13)23/h3-4,6,8-9,16,18,31H,2,5,7,10-11H2,1H3,(H,28,29). The summed E-state index contributed by atoms with van der Waals surface area (Å²) in [5.74, 6) is -4.03. The molecular formula is C22H22BrF3N4O3S. The van der Waals surface area contributed by atoms with Gasteiger partial charge in [0.25, 0.3) is 5.92 Å². The van der Waals surface area contributed by atoms with Crippen molar-refractivity contribution in [2.45, 2.75) is 31.4 Å². The summed E-state index contributed by atoms with van der Waals surface area (Å²) in [7, 11) is 0. The number of alkyl halides is 2. The molecule has 2 aromatic rings. The molecule has 7 nitrogen and oxygen atoms in total. The highest BCUT2D eigenvalue weighted by atomic mass is 79.9. The highest BCUT2D eigenvalue weighted by molar-refractivity contribution is 9.10. The number of hydrogen-bond acceptors (Lipinski definition) is 8. The van der Waals surface area contributed by atoms with Crippen LogP contribution in [-0.2, 0) is 9.53 Å². The Labute approximate surface area is 206 Å². The number of aliphatic hydroxyl groups excluding tert-OH is 1. The number of amidine groups is 1. The molecule has 1 fully saturated rings. The number of hydrogen-bond donors (Lipinski definition) is 2. The molecule has 2 aliphatic rings. The molecule has 0 spiro atoms. The number of piperidine rings is 1. The smallest absolute Gasteiger partial charge is 0.338 e. The van der Waals surface area contributed by atoms with Crippen LogP contribution in [-0.4, -0.2) is 65.1 Å². The lowest BCUT2D eigenvalue weighted by molar-refractivity contribution is -0.148. The monoisotopic (exact) mass is 558 g/mol. The second kappa shape index (κ2) is 10.1. The van der Waals surface area contributed by atoms with Crippen LogP contribution in [0.3, 0.4) is 0 Å². The maximum absolute atomic E-state index is 14.2. The van der Waals surface area contributed by atoms with Crippen LogP contribution >= 0.6 is 27.3 Å². The van der Waals surface area contributed by atoms with Gasteiger partial charge in [-0.25, -0.2) is 22.9 Å². The number of aromatic nitrogens is 1. The van der Waals surface area contributed by atoms with Crippen LogP contribution in [0.15, 0.2) is 50.5 Å². The Bertz CT molecular complexity index is 1130. The summed E-state index contributed by atoms with van der Waals surface area (Å²) in [6.07, 6.45) is -0.212. The molecule has 1 aromatic heterocycles. The number of halogens is 4. The van der Waals surface area contributed by atoms with E-state index in [1.54, 1.807) is 18.5 Å². The van der Waals surface area contributed by atoms with Gasteiger partial charge in [0.05, 0.1) is 18.7 Å². The highest BCUT2D eigenvalue weighted by Gasteiger charge is 2.44. The number of nitrogens with zero attached hydrogens (tertiary/aromatic N) is 3. The number of carbonyl (C=O) groups is 1. The largest absolute Gasteiger partial charge is 0.463 e. The predicted octanol–water partition coefficient (Wildman–Crippen LogP) is 3.65. The molecule has 1 aromatic carbocycles. The average molecular weight is 559 g/mol. The van der Waals surface area contributed by atoms with E-state index >= 15 is 0 Å². The third kappa shape index (κ3) is 5.19. The van der Waals surface area contributed by atoms with E-state index in [0.717, 1.165) is 0 Å². The molecule has 0 bridgehead atoms. The average Bonchev–Trinajstić information content (AvgIpc) is 3.31. The molecular weight excluding hydrogens is 537 g/mol. The lowest BCUT2D eigenvalue weighted by Gasteiger charge is -2.37. The van der Waals surface area contributed by atoms with Gasteiger partial charge in [-0.05, 0) is 31.0 Å². The maximum Gasteiger partial charge on any atom is 0.338 e. The highest BCUT2D eigenvalue weighted by Crippen LogP contribution is 2.37. The van der Waals surface area contributed by atoms with Gasteiger partial charge in [0, 0.05) is 34.8 Å². The summed E-state index contributed by atoms with van der Waals surface area (Å²) < 4.78 is 47.9. The zero-order chi connectivity index (χ0) is 24.5. The number of nitrogens with one attached hydrogen (secondary N) is 1. The number of benzene rings is 1. The molecule has 2 aliphatic heterocycles. The topological polar surface area (TPSA) is 87.0 Å². The summed E-state index contributed by atoms with van der Waals surface area (Å²) >= 11 is 4.67. The molecule has 0 radical (unpaired) electrons. The van der Waals surface area contributed by atoms with E-state index in [0.29, 0.717) is 26.6 Å². The third-order valence-electron chi connectivity index (χ3n) is 5.54. The maximum atomic E-state index is 14.2. The number of esters is 1. The summed E-state index contributed by atoms with van der Waals surface area (Å²) in [5, 5.41) is 15.0. The van der Waals surface area contributed by atoms with Crippen LogP contribution in [0.2, 0.25) is 0 Å². The summed E-state index contributed by atoms with van der Waals surface area (Å²) in [4.78, 5) is 23.5. The molecule has 12 heteroatoms. The second-order valence-electron chi connectivity index (χ2n) is 7.90. The van der Waals surface area contributed by atoms with Crippen LogP contribution in [0, 0.1) is 5.82 Å². The van der Waals surface area contributed by atoms with Gasteiger partial charge in [-0.1, -0.05) is 22.0 Å². The van der Waals surface area contributed by atoms with Crippen molar-refractivity contribution in [2.75, 3.05) is 26.2 Å². The molecule has 0 saturated carbocycles. The molecule has 2 unspecified atom stereocenters. The second-order valence-corrected chi connectivity index (χ2v) is 9.65. The molecule has 34 heavy (non-hydrogen) atoms. The fourth-order valence-corrected chi connectivity index (χ4v) is 5.08. The summed E-state index contributed by atoms with van der Waals surface area (Å²) in [6, 6.07) is 3.15. The van der Waals surface area contributed by atoms with E-state index in [1.165, 1.54) is 34.4 Å². The fourth-order valence-electron chi connectivity index (χ4n) is 3.92. The van der Waals surface area contributed by atoms with Crippen molar-refractivity contribution in [3.8, 4) is 0 Å². The van der Waals surface area contributed by atoms with Gasteiger partial charge in [-0.2, -0.15) is 0 Å². The number of carbonyl (C=O) groups excluding carboxylic acids is 1. The Hall–Kier alpha value is -2.28. The predicted molar refractivity (Wildman–Crippen MR) is 124 cm³/mol. The van der Waals surface area contributed by atoms with E-state index in [2.05, 4.69) is 31.2 Å². The van der Waals surface area contributed by atoms with Crippen molar-refractivity contribution in [1.82, 2.24) is 15.2 Å². The van der Waals surface area contributed by atoms with E-state index in [4.69, 9.17) is 4.74 Å². The van der Waals surface area contributed by atoms with E-state index < -0.39 is 36.4 Å².